The quantitative estimate of drug-likeness (QED) is 0.792. The molecule has 0 spiro atoms. The standard InChI is InChI=1S/C11H10BrClN4O/c1-5-9(14)10(17-16-5)15-11(18)7-4-6(12)2-3-8(7)13/h2-4H,14H2,1H3,(H2,15,16,17,18). The fourth-order valence-electron chi connectivity index (χ4n) is 1.38. The van der Waals surface area contributed by atoms with Gasteiger partial charge in [-0.25, -0.2) is 0 Å². The number of aryl methyl sites for hydroxylation is 1. The minimum Gasteiger partial charge on any atom is -0.394 e. The molecule has 0 aliphatic rings. The van der Waals surface area contributed by atoms with E-state index in [1.54, 1.807) is 25.1 Å². The first kappa shape index (κ1) is 12.9. The van der Waals surface area contributed by atoms with Crippen molar-refractivity contribution in [3.8, 4) is 0 Å². The molecular weight excluding hydrogens is 320 g/mol. The predicted octanol–water partition coefficient (Wildman–Crippen LogP) is 2.97. The molecule has 0 radical (unpaired) electrons. The Balaban J connectivity index is 2.27. The lowest BCUT2D eigenvalue weighted by Gasteiger charge is -2.05. The third kappa shape index (κ3) is 2.49. The van der Waals surface area contributed by atoms with Crippen LogP contribution in [0.1, 0.15) is 16.1 Å². The molecule has 0 unspecified atom stereocenters. The predicted molar refractivity (Wildman–Crippen MR) is 74.8 cm³/mol. The van der Waals surface area contributed by atoms with E-state index in [1.807, 2.05) is 0 Å². The smallest absolute Gasteiger partial charge is 0.258 e. The summed E-state index contributed by atoms with van der Waals surface area (Å²) in [6.45, 7) is 1.77. The molecule has 4 N–H and O–H groups in total. The number of halogens is 2. The van der Waals surface area contributed by atoms with Crippen LogP contribution in [0, 0.1) is 6.92 Å². The number of nitrogens with zero attached hydrogens (tertiary/aromatic N) is 1. The fraction of sp³-hybridized carbons (Fsp3) is 0.0909. The van der Waals surface area contributed by atoms with E-state index in [0.29, 0.717) is 27.8 Å². The van der Waals surface area contributed by atoms with E-state index in [1.165, 1.54) is 0 Å². The van der Waals surface area contributed by atoms with Gasteiger partial charge in [0.1, 0.15) is 0 Å². The highest BCUT2D eigenvalue weighted by atomic mass is 79.9. The van der Waals surface area contributed by atoms with Crippen molar-refractivity contribution in [3.05, 3.63) is 39.0 Å². The Labute approximate surface area is 117 Å². The zero-order chi connectivity index (χ0) is 13.3. The number of H-pyrrole nitrogens is 1. The highest BCUT2D eigenvalue weighted by molar-refractivity contribution is 9.10. The molecule has 0 bridgehead atoms. The molecule has 5 nitrogen and oxygen atoms in total. The van der Waals surface area contributed by atoms with E-state index < -0.39 is 0 Å². The van der Waals surface area contributed by atoms with E-state index in [4.69, 9.17) is 17.3 Å². The van der Waals surface area contributed by atoms with Gasteiger partial charge < -0.3 is 11.1 Å². The molecule has 94 valence electrons. The Morgan fingerprint density at radius 3 is 2.89 bits per heavy atom. The third-order valence-electron chi connectivity index (χ3n) is 2.40. The van der Waals surface area contributed by atoms with Crippen molar-refractivity contribution in [2.45, 2.75) is 6.92 Å². The maximum Gasteiger partial charge on any atom is 0.258 e. The van der Waals surface area contributed by atoms with Crippen LogP contribution in [-0.2, 0) is 0 Å². The summed E-state index contributed by atoms with van der Waals surface area (Å²) in [4.78, 5) is 12.0. The molecule has 18 heavy (non-hydrogen) atoms. The summed E-state index contributed by atoms with van der Waals surface area (Å²) in [7, 11) is 0. The van der Waals surface area contributed by atoms with E-state index in [-0.39, 0.29) is 5.91 Å². The summed E-state index contributed by atoms with van der Waals surface area (Å²) in [6, 6.07) is 5.03. The lowest BCUT2D eigenvalue weighted by atomic mass is 10.2. The molecule has 7 heteroatoms. The van der Waals surface area contributed by atoms with Crippen LogP contribution in [0.4, 0.5) is 11.5 Å². The summed E-state index contributed by atoms with van der Waals surface area (Å²) in [5.74, 6) is -0.0620. The van der Waals surface area contributed by atoms with Crippen LogP contribution >= 0.6 is 27.5 Å². The number of nitrogen functional groups attached to an aromatic ring is 1. The molecule has 0 atom stereocenters. The summed E-state index contributed by atoms with van der Waals surface area (Å²) in [5, 5.41) is 9.55. The average Bonchev–Trinajstić information content (AvgIpc) is 2.64. The number of aromatic amines is 1. The molecule has 1 amide bonds. The number of nitrogens with two attached hydrogens (primary N) is 1. The first-order valence-electron chi connectivity index (χ1n) is 5.06. The lowest BCUT2D eigenvalue weighted by Crippen LogP contribution is -2.14. The van der Waals surface area contributed by atoms with Crippen LogP contribution in [0.2, 0.25) is 5.02 Å². The number of amides is 1. The molecule has 1 aromatic carbocycles. The molecule has 0 saturated carbocycles. The van der Waals surface area contributed by atoms with E-state index >= 15 is 0 Å². The summed E-state index contributed by atoms with van der Waals surface area (Å²) < 4.78 is 0.767. The summed E-state index contributed by atoms with van der Waals surface area (Å²) in [6.07, 6.45) is 0. The van der Waals surface area contributed by atoms with Gasteiger partial charge in [0.25, 0.3) is 5.91 Å². The molecule has 0 saturated heterocycles. The number of carbonyl (C=O) groups excluding carboxylic acids is 1. The minimum atomic E-state index is -0.362. The van der Waals surface area contributed by atoms with Crippen molar-refractivity contribution >= 4 is 44.9 Å². The maximum absolute atomic E-state index is 12.0. The average molecular weight is 330 g/mol. The van der Waals surface area contributed by atoms with Gasteiger partial charge in [-0.1, -0.05) is 27.5 Å². The molecule has 2 aromatic rings. The monoisotopic (exact) mass is 328 g/mol. The number of carbonyl (C=O) groups is 1. The van der Waals surface area contributed by atoms with Crippen LogP contribution < -0.4 is 11.1 Å². The van der Waals surface area contributed by atoms with Gasteiger partial charge >= 0.3 is 0 Å². The van der Waals surface area contributed by atoms with Crippen molar-refractivity contribution in [2.24, 2.45) is 0 Å². The van der Waals surface area contributed by atoms with E-state index in [2.05, 4.69) is 31.4 Å². The number of hydrogen-bond acceptors (Lipinski definition) is 3. The zero-order valence-electron chi connectivity index (χ0n) is 9.42. The highest BCUT2D eigenvalue weighted by Crippen LogP contribution is 2.23. The SMILES string of the molecule is Cc1[nH]nc(NC(=O)c2cc(Br)ccc2Cl)c1N. The van der Waals surface area contributed by atoms with Crippen molar-refractivity contribution in [1.82, 2.24) is 10.2 Å². The molecule has 1 aromatic heterocycles. The van der Waals surface area contributed by atoms with Gasteiger partial charge in [0.05, 0.1) is 22.0 Å². The van der Waals surface area contributed by atoms with Crippen LogP contribution in [-0.4, -0.2) is 16.1 Å². The van der Waals surface area contributed by atoms with Gasteiger partial charge in [-0.05, 0) is 25.1 Å². The van der Waals surface area contributed by atoms with Gasteiger partial charge in [-0.15, -0.1) is 0 Å². The van der Waals surface area contributed by atoms with Gasteiger partial charge in [-0.2, -0.15) is 5.10 Å². The zero-order valence-corrected chi connectivity index (χ0v) is 11.8. The number of hydrogen-bond donors (Lipinski definition) is 3. The number of rotatable bonds is 2. The molecule has 1 heterocycles. The Morgan fingerprint density at radius 1 is 1.56 bits per heavy atom. The van der Waals surface area contributed by atoms with Crippen molar-refractivity contribution < 1.29 is 4.79 Å². The molecule has 2 rings (SSSR count). The molecule has 0 fully saturated rings. The Bertz CT molecular complexity index is 611. The number of benzene rings is 1. The largest absolute Gasteiger partial charge is 0.394 e. The first-order chi connectivity index (χ1) is 8.49. The van der Waals surface area contributed by atoms with E-state index in [9.17, 15) is 4.79 Å². The maximum atomic E-state index is 12.0. The summed E-state index contributed by atoms with van der Waals surface area (Å²) >= 11 is 9.24. The van der Waals surface area contributed by atoms with E-state index in [0.717, 1.165) is 4.47 Å². The molecule has 0 aliphatic carbocycles. The van der Waals surface area contributed by atoms with Crippen LogP contribution in [0.25, 0.3) is 0 Å². The van der Waals surface area contributed by atoms with Gasteiger partial charge in [0.2, 0.25) is 0 Å². The van der Waals surface area contributed by atoms with Crippen molar-refractivity contribution in [3.63, 3.8) is 0 Å². The van der Waals surface area contributed by atoms with Crippen LogP contribution in [0.5, 0.6) is 0 Å². The fourth-order valence-corrected chi connectivity index (χ4v) is 1.94. The van der Waals surface area contributed by atoms with Gasteiger partial charge in [-0.3, -0.25) is 9.89 Å². The van der Waals surface area contributed by atoms with Gasteiger partial charge in [0, 0.05) is 4.47 Å². The Hall–Kier alpha value is -1.53. The second-order valence-corrected chi connectivity index (χ2v) is 5.01. The summed E-state index contributed by atoms with van der Waals surface area (Å²) in [5.41, 5.74) is 7.21. The number of nitrogens with one attached hydrogen (secondary N) is 2. The Kier molecular flexibility index (Phi) is 3.58. The molecular formula is C11H10BrClN4O. The van der Waals surface area contributed by atoms with Gasteiger partial charge in [0.15, 0.2) is 5.82 Å². The molecule has 0 aliphatic heterocycles. The normalized spacial score (nSPS) is 10.4. The minimum absolute atomic E-state index is 0.300. The number of anilines is 2. The van der Waals surface area contributed by atoms with Crippen molar-refractivity contribution in [1.29, 1.82) is 0 Å². The third-order valence-corrected chi connectivity index (χ3v) is 3.22. The number of aromatic nitrogens is 2. The second-order valence-electron chi connectivity index (χ2n) is 3.69. The lowest BCUT2D eigenvalue weighted by molar-refractivity contribution is 0.102. The first-order valence-corrected chi connectivity index (χ1v) is 6.23. The second kappa shape index (κ2) is 4.99. The van der Waals surface area contributed by atoms with Crippen LogP contribution in [0.15, 0.2) is 22.7 Å². The van der Waals surface area contributed by atoms with Crippen molar-refractivity contribution in [2.75, 3.05) is 11.1 Å². The Morgan fingerprint density at radius 2 is 2.28 bits per heavy atom. The topological polar surface area (TPSA) is 83.8 Å². The van der Waals surface area contributed by atoms with Crippen LogP contribution in [0.3, 0.4) is 0 Å². The highest BCUT2D eigenvalue weighted by Gasteiger charge is 2.14.